The van der Waals surface area contributed by atoms with Gasteiger partial charge in [0.05, 0.1) is 14.2 Å². The maximum atomic E-state index is 5.37. The van der Waals surface area contributed by atoms with Crippen molar-refractivity contribution < 1.29 is 9.47 Å². The van der Waals surface area contributed by atoms with E-state index in [1.165, 1.54) is 5.56 Å². The molecule has 0 aromatic heterocycles. The Morgan fingerprint density at radius 1 is 0.957 bits per heavy atom. The summed E-state index contributed by atoms with van der Waals surface area (Å²) in [7, 11) is 3.34. The molecule has 0 radical (unpaired) electrons. The predicted molar refractivity (Wildman–Crippen MR) is 97.7 cm³/mol. The van der Waals surface area contributed by atoms with Gasteiger partial charge >= 0.3 is 0 Å². The molecule has 4 heteroatoms. The van der Waals surface area contributed by atoms with Gasteiger partial charge in [0.2, 0.25) is 0 Å². The Hall–Kier alpha value is -1.26. The summed E-state index contributed by atoms with van der Waals surface area (Å²) in [4.78, 5) is 2.51. The van der Waals surface area contributed by atoms with E-state index in [-0.39, 0.29) is 0 Å². The number of ether oxygens (including phenoxy) is 2. The summed E-state index contributed by atoms with van der Waals surface area (Å²) in [6.45, 7) is 13.3. The molecule has 1 N–H and O–H groups in total. The fourth-order valence-corrected chi connectivity index (χ4v) is 2.99. The fraction of sp³-hybridized carbons (Fsp3) is 0.684. The molecule has 1 unspecified atom stereocenters. The molecule has 23 heavy (non-hydrogen) atoms. The van der Waals surface area contributed by atoms with Gasteiger partial charge < -0.3 is 14.8 Å². The van der Waals surface area contributed by atoms with Crippen LogP contribution in [-0.2, 0) is 6.42 Å². The van der Waals surface area contributed by atoms with Crippen molar-refractivity contribution in [1.82, 2.24) is 10.2 Å². The van der Waals surface area contributed by atoms with E-state index in [0.717, 1.165) is 31.0 Å². The van der Waals surface area contributed by atoms with E-state index >= 15 is 0 Å². The quantitative estimate of drug-likeness (QED) is 0.716. The molecule has 1 aromatic rings. The first kappa shape index (κ1) is 19.8. The minimum Gasteiger partial charge on any atom is -0.493 e. The Morgan fingerprint density at radius 2 is 1.57 bits per heavy atom. The lowest BCUT2D eigenvalue weighted by Gasteiger charge is -2.31. The lowest BCUT2D eigenvalue weighted by Crippen LogP contribution is -2.43. The van der Waals surface area contributed by atoms with Crippen LogP contribution in [0.4, 0.5) is 0 Å². The van der Waals surface area contributed by atoms with Gasteiger partial charge in [0.25, 0.3) is 0 Å². The normalized spacial score (nSPS) is 13.0. The average Bonchev–Trinajstić information content (AvgIpc) is 2.50. The highest BCUT2D eigenvalue weighted by Crippen LogP contribution is 2.27. The molecular formula is C19H34N2O2. The van der Waals surface area contributed by atoms with E-state index < -0.39 is 0 Å². The molecule has 4 nitrogen and oxygen atoms in total. The zero-order chi connectivity index (χ0) is 17.4. The Labute approximate surface area is 142 Å². The Morgan fingerprint density at radius 3 is 2.09 bits per heavy atom. The number of rotatable bonds is 10. The molecule has 1 aromatic carbocycles. The number of hydrogen-bond donors (Lipinski definition) is 1. The second-order valence-electron chi connectivity index (χ2n) is 6.67. The summed E-state index contributed by atoms with van der Waals surface area (Å²) < 4.78 is 10.7. The lowest BCUT2D eigenvalue weighted by molar-refractivity contribution is 0.174. The van der Waals surface area contributed by atoms with Crippen molar-refractivity contribution >= 4 is 0 Å². The summed E-state index contributed by atoms with van der Waals surface area (Å²) in [6.07, 6.45) is 0.976. The molecule has 0 spiro atoms. The fourth-order valence-electron chi connectivity index (χ4n) is 2.99. The van der Waals surface area contributed by atoms with Gasteiger partial charge in [0.15, 0.2) is 11.5 Å². The number of methoxy groups -OCH3 is 2. The number of nitrogens with zero attached hydrogens (tertiary/aromatic N) is 1. The highest BCUT2D eigenvalue weighted by molar-refractivity contribution is 5.43. The molecule has 0 aliphatic rings. The standard InChI is InChI=1S/C19H34N2O2/c1-14(2)21(15(3)4)11-10-20-16(5)12-17-8-9-18(22-6)19(13-17)23-7/h8-9,13-16,20H,10-12H2,1-7H3. The molecule has 0 bridgehead atoms. The minimum absolute atomic E-state index is 0.425. The summed E-state index contributed by atoms with van der Waals surface area (Å²) in [6, 6.07) is 7.73. The first-order chi connectivity index (χ1) is 10.9. The van der Waals surface area contributed by atoms with Crippen LogP contribution in [0.1, 0.15) is 40.2 Å². The average molecular weight is 322 g/mol. The summed E-state index contributed by atoms with van der Waals surface area (Å²) >= 11 is 0. The highest BCUT2D eigenvalue weighted by Gasteiger charge is 2.13. The van der Waals surface area contributed by atoms with E-state index in [4.69, 9.17) is 9.47 Å². The van der Waals surface area contributed by atoms with Crippen molar-refractivity contribution in [2.24, 2.45) is 0 Å². The summed E-state index contributed by atoms with van der Waals surface area (Å²) in [5, 5.41) is 3.62. The van der Waals surface area contributed by atoms with E-state index in [2.05, 4.69) is 57.0 Å². The predicted octanol–water partition coefficient (Wildman–Crippen LogP) is 3.34. The zero-order valence-corrected chi connectivity index (χ0v) is 15.8. The van der Waals surface area contributed by atoms with Crippen LogP contribution in [0.15, 0.2) is 18.2 Å². The number of nitrogens with one attached hydrogen (secondary N) is 1. The van der Waals surface area contributed by atoms with Crippen molar-refractivity contribution in [2.75, 3.05) is 27.3 Å². The minimum atomic E-state index is 0.425. The molecule has 0 saturated heterocycles. The first-order valence-electron chi connectivity index (χ1n) is 8.59. The van der Waals surface area contributed by atoms with Crippen LogP contribution in [-0.4, -0.2) is 50.3 Å². The smallest absolute Gasteiger partial charge is 0.160 e. The topological polar surface area (TPSA) is 33.7 Å². The number of hydrogen-bond acceptors (Lipinski definition) is 4. The van der Waals surface area contributed by atoms with Crippen LogP contribution in [0.5, 0.6) is 11.5 Å². The van der Waals surface area contributed by atoms with Gasteiger partial charge in [-0.3, -0.25) is 4.90 Å². The van der Waals surface area contributed by atoms with Crippen molar-refractivity contribution in [3.05, 3.63) is 23.8 Å². The zero-order valence-electron chi connectivity index (χ0n) is 15.8. The Kier molecular flexibility index (Phi) is 8.42. The molecule has 0 aliphatic heterocycles. The molecule has 0 fully saturated rings. The van der Waals surface area contributed by atoms with E-state index in [9.17, 15) is 0 Å². The third-order valence-corrected chi connectivity index (χ3v) is 4.18. The molecule has 0 saturated carbocycles. The van der Waals surface area contributed by atoms with Gasteiger partial charge in [-0.1, -0.05) is 6.07 Å². The van der Waals surface area contributed by atoms with E-state index in [1.54, 1.807) is 14.2 Å². The van der Waals surface area contributed by atoms with Gasteiger partial charge in [-0.15, -0.1) is 0 Å². The molecule has 1 atom stereocenters. The molecule has 0 aliphatic carbocycles. The van der Waals surface area contributed by atoms with Gasteiger partial charge in [0.1, 0.15) is 0 Å². The van der Waals surface area contributed by atoms with Crippen LogP contribution in [0, 0.1) is 0 Å². The Balaban J connectivity index is 2.49. The Bertz CT molecular complexity index is 453. The van der Waals surface area contributed by atoms with Crippen molar-refractivity contribution in [1.29, 1.82) is 0 Å². The SMILES string of the molecule is COc1ccc(CC(C)NCCN(C(C)C)C(C)C)cc1OC. The second kappa shape index (κ2) is 9.78. The van der Waals surface area contributed by atoms with Crippen LogP contribution in [0.2, 0.25) is 0 Å². The monoisotopic (exact) mass is 322 g/mol. The van der Waals surface area contributed by atoms with Crippen LogP contribution in [0.3, 0.4) is 0 Å². The third-order valence-electron chi connectivity index (χ3n) is 4.18. The van der Waals surface area contributed by atoms with Gasteiger partial charge in [-0.05, 0) is 58.7 Å². The van der Waals surface area contributed by atoms with E-state index in [0.29, 0.717) is 18.1 Å². The van der Waals surface area contributed by atoms with Crippen molar-refractivity contribution in [3.8, 4) is 11.5 Å². The third kappa shape index (κ3) is 6.40. The lowest BCUT2D eigenvalue weighted by atomic mass is 10.1. The molecule has 0 amide bonds. The van der Waals surface area contributed by atoms with Crippen LogP contribution in [0.25, 0.3) is 0 Å². The maximum absolute atomic E-state index is 5.37. The van der Waals surface area contributed by atoms with E-state index in [1.807, 2.05) is 6.07 Å². The summed E-state index contributed by atoms with van der Waals surface area (Å²) in [5.41, 5.74) is 1.26. The number of benzene rings is 1. The molecular weight excluding hydrogens is 288 g/mol. The maximum Gasteiger partial charge on any atom is 0.160 e. The first-order valence-corrected chi connectivity index (χ1v) is 8.59. The van der Waals surface area contributed by atoms with Gasteiger partial charge in [-0.25, -0.2) is 0 Å². The molecule has 1 rings (SSSR count). The van der Waals surface area contributed by atoms with Crippen LogP contribution < -0.4 is 14.8 Å². The van der Waals surface area contributed by atoms with Crippen molar-refractivity contribution in [3.63, 3.8) is 0 Å². The molecule has 132 valence electrons. The van der Waals surface area contributed by atoms with Gasteiger partial charge in [-0.2, -0.15) is 0 Å². The second-order valence-corrected chi connectivity index (χ2v) is 6.67. The van der Waals surface area contributed by atoms with Crippen molar-refractivity contribution in [2.45, 2.75) is 59.2 Å². The molecule has 0 heterocycles. The van der Waals surface area contributed by atoms with Gasteiger partial charge in [0, 0.05) is 31.2 Å². The van der Waals surface area contributed by atoms with Crippen LogP contribution >= 0.6 is 0 Å². The summed E-state index contributed by atoms with van der Waals surface area (Å²) in [5.74, 6) is 1.57. The largest absolute Gasteiger partial charge is 0.493 e. The highest BCUT2D eigenvalue weighted by atomic mass is 16.5.